The zero-order valence-corrected chi connectivity index (χ0v) is 51.0. The molecule has 6 atom stereocenters. The minimum Gasteiger partial charge on any atom is -0.479 e. The zero-order valence-electron chi connectivity index (χ0n) is 51.0. The van der Waals surface area contributed by atoms with Crippen LogP contribution in [-0.4, -0.2) is 89.2 Å². The molecule has 0 amide bonds. The molecule has 0 saturated carbocycles. The van der Waals surface area contributed by atoms with E-state index in [0.29, 0.717) is 19.3 Å². The molecule has 1 aliphatic rings. The van der Waals surface area contributed by atoms with Gasteiger partial charge in [-0.05, 0) is 83.5 Å². The number of aliphatic hydroxyl groups is 2. The van der Waals surface area contributed by atoms with Gasteiger partial charge in [0.15, 0.2) is 24.6 Å². The number of unbranched alkanes of at least 4 members (excludes halogenated alkanes) is 25. The Morgan fingerprint density at radius 2 is 0.815 bits per heavy atom. The van der Waals surface area contributed by atoms with Crippen LogP contribution >= 0.6 is 0 Å². The number of carboxylic acids is 1. The van der Waals surface area contributed by atoms with Crippen molar-refractivity contribution in [3.8, 4) is 0 Å². The fraction of sp³-hybridized carbons (Fsp3) is 0.710. The number of esters is 3. The molecular weight excluding hydrogens is 1020 g/mol. The molecule has 0 radical (unpaired) electrons. The van der Waals surface area contributed by atoms with Crippen molar-refractivity contribution >= 4 is 23.9 Å². The van der Waals surface area contributed by atoms with Crippen LogP contribution in [-0.2, 0) is 42.9 Å². The second-order valence-electron chi connectivity index (χ2n) is 21.7. The lowest BCUT2D eigenvalue weighted by molar-refractivity contribution is -0.301. The number of carboxylic acid groups (broad SMARTS) is 1. The predicted molar refractivity (Wildman–Crippen MR) is 331 cm³/mol. The average Bonchev–Trinajstić information content (AvgIpc) is 3.53. The molecule has 12 nitrogen and oxygen atoms in total. The lowest BCUT2D eigenvalue weighted by Crippen LogP contribution is -2.61. The molecule has 0 aromatic rings. The van der Waals surface area contributed by atoms with Crippen LogP contribution in [0.2, 0.25) is 0 Å². The number of ether oxygens (including phenoxy) is 5. The third-order valence-electron chi connectivity index (χ3n) is 14.2. The van der Waals surface area contributed by atoms with Crippen LogP contribution in [0.5, 0.6) is 0 Å². The number of allylic oxidation sites excluding steroid dienone is 15. The van der Waals surface area contributed by atoms with E-state index in [9.17, 15) is 34.5 Å². The highest BCUT2D eigenvalue weighted by molar-refractivity contribution is 5.74. The van der Waals surface area contributed by atoms with Crippen LogP contribution in [0.25, 0.3) is 0 Å². The topological polar surface area (TPSA) is 175 Å². The number of carbonyl (C=O) groups excluding carboxylic acids is 3. The van der Waals surface area contributed by atoms with Crippen molar-refractivity contribution in [1.29, 1.82) is 0 Å². The standard InChI is InChI=1S/C69H114O12/c1-4-7-10-13-16-19-22-25-28-30-31-33-35-37-40-43-46-49-52-55-61(70)77-58-60(79-62(71)56-53-50-47-44-41-39-36-32-29-26-23-20-17-14-11-8-5-2)59-78-69-67(65(74)64(73)66(81-69)68(75)76)80-63(72)57-54-51-48-45-42-38-34-27-24-21-18-15-12-9-6-3/h9,12,16,18-19,21,25,27-28,31,33-34,42,45,51,54,60,64-67,69,73-74H,4-8,10-11,13-15,17,20,22-24,26,29-30,32,35-41,43-44,46-50,52-53,55-59H2,1-3H3,(H,75,76)/b12-9-,19-16-,21-18-,28-25-,33-31-,34-27-,45-42-,54-51-. The van der Waals surface area contributed by atoms with Crippen molar-refractivity contribution in [2.75, 3.05) is 13.2 Å². The van der Waals surface area contributed by atoms with E-state index in [1.165, 1.54) is 109 Å². The zero-order chi connectivity index (χ0) is 58.9. The summed E-state index contributed by atoms with van der Waals surface area (Å²) in [6.07, 6.45) is 62.5. The van der Waals surface area contributed by atoms with Crippen molar-refractivity contribution in [3.63, 3.8) is 0 Å². The molecule has 1 fully saturated rings. The Bertz CT molecular complexity index is 1780. The summed E-state index contributed by atoms with van der Waals surface area (Å²) in [5, 5.41) is 31.5. The maximum absolute atomic E-state index is 13.2. The van der Waals surface area contributed by atoms with Crippen molar-refractivity contribution in [2.45, 2.75) is 302 Å². The van der Waals surface area contributed by atoms with E-state index in [2.05, 4.69) is 93.7 Å². The van der Waals surface area contributed by atoms with Crippen LogP contribution in [0.3, 0.4) is 0 Å². The molecule has 81 heavy (non-hydrogen) atoms. The quantitative estimate of drug-likeness (QED) is 0.0228. The maximum atomic E-state index is 13.2. The Morgan fingerprint density at radius 1 is 0.432 bits per heavy atom. The largest absolute Gasteiger partial charge is 0.479 e. The third-order valence-corrected chi connectivity index (χ3v) is 14.2. The van der Waals surface area contributed by atoms with E-state index in [-0.39, 0.29) is 25.9 Å². The summed E-state index contributed by atoms with van der Waals surface area (Å²) in [5.74, 6) is -3.29. The third kappa shape index (κ3) is 45.8. The van der Waals surface area contributed by atoms with Gasteiger partial charge >= 0.3 is 23.9 Å². The number of aliphatic carboxylic acids is 1. The van der Waals surface area contributed by atoms with Gasteiger partial charge in [-0.15, -0.1) is 0 Å². The Morgan fingerprint density at radius 3 is 1.27 bits per heavy atom. The van der Waals surface area contributed by atoms with Crippen molar-refractivity contribution < 1.29 is 58.2 Å². The molecule has 6 unspecified atom stereocenters. The van der Waals surface area contributed by atoms with Gasteiger partial charge in [-0.1, -0.05) is 259 Å². The summed E-state index contributed by atoms with van der Waals surface area (Å²) in [6, 6.07) is 0. The highest BCUT2D eigenvalue weighted by Gasteiger charge is 2.50. The molecule has 0 bridgehead atoms. The molecule has 12 heteroatoms. The predicted octanol–water partition coefficient (Wildman–Crippen LogP) is 17.2. The van der Waals surface area contributed by atoms with Gasteiger partial charge in [0.25, 0.3) is 0 Å². The summed E-state index contributed by atoms with van der Waals surface area (Å²) >= 11 is 0. The lowest BCUT2D eigenvalue weighted by Gasteiger charge is -2.40. The molecule has 0 aromatic carbocycles. The highest BCUT2D eigenvalue weighted by Crippen LogP contribution is 2.26. The molecule has 1 rings (SSSR count). The molecule has 3 N–H and O–H groups in total. The second kappa shape index (κ2) is 56.1. The molecule has 1 aliphatic heterocycles. The number of carbonyl (C=O) groups is 4. The van der Waals surface area contributed by atoms with Gasteiger partial charge in [-0.25, -0.2) is 4.79 Å². The van der Waals surface area contributed by atoms with Gasteiger partial charge in [0.1, 0.15) is 18.8 Å². The summed E-state index contributed by atoms with van der Waals surface area (Å²) in [5.41, 5.74) is 0. The monoisotopic (exact) mass is 1130 g/mol. The van der Waals surface area contributed by atoms with E-state index in [4.69, 9.17) is 23.7 Å². The van der Waals surface area contributed by atoms with Gasteiger partial charge in [-0.2, -0.15) is 0 Å². The van der Waals surface area contributed by atoms with Gasteiger partial charge in [0, 0.05) is 12.8 Å². The van der Waals surface area contributed by atoms with E-state index in [1.807, 2.05) is 12.2 Å². The van der Waals surface area contributed by atoms with Crippen molar-refractivity contribution in [1.82, 2.24) is 0 Å². The van der Waals surface area contributed by atoms with E-state index >= 15 is 0 Å². The summed E-state index contributed by atoms with van der Waals surface area (Å²) in [6.45, 7) is 5.82. The van der Waals surface area contributed by atoms with Crippen LogP contribution in [0.4, 0.5) is 0 Å². The van der Waals surface area contributed by atoms with Crippen LogP contribution < -0.4 is 0 Å². The second-order valence-corrected chi connectivity index (χ2v) is 21.7. The van der Waals surface area contributed by atoms with Gasteiger partial charge in [0.2, 0.25) is 0 Å². The fourth-order valence-corrected chi connectivity index (χ4v) is 9.27. The lowest BCUT2D eigenvalue weighted by atomic mass is 9.98. The van der Waals surface area contributed by atoms with Crippen LogP contribution in [0.1, 0.15) is 265 Å². The molecule has 0 aliphatic carbocycles. The maximum Gasteiger partial charge on any atom is 0.335 e. The summed E-state index contributed by atoms with van der Waals surface area (Å²) in [4.78, 5) is 51.2. The summed E-state index contributed by atoms with van der Waals surface area (Å²) in [7, 11) is 0. The Balaban J connectivity index is 2.71. The SMILES string of the molecule is CC/C=C\C/C=C\C/C=C\C/C=C\C/C=C\CC(=O)OC1C(OCC(COC(=O)CCCCCCCC/C=C\C/C=C\C/C=C\CCCCC)OC(=O)CCCCCCCCCCCCCCCCCCC)OC(C(=O)O)C(O)C1O. The Kier molecular flexibility index (Phi) is 51.7. The number of hydrogen-bond acceptors (Lipinski definition) is 11. The Labute approximate surface area is 492 Å². The van der Waals surface area contributed by atoms with E-state index in [1.54, 1.807) is 12.2 Å². The normalized spacial score (nSPS) is 18.4. The smallest absolute Gasteiger partial charge is 0.335 e. The van der Waals surface area contributed by atoms with Crippen molar-refractivity contribution in [3.05, 3.63) is 97.2 Å². The summed E-state index contributed by atoms with van der Waals surface area (Å²) < 4.78 is 28.4. The Hall–Kier alpha value is -4.36. The molecule has 462 valence electrons. The highest BCUT2D eigenvalue weighted by atomic mass is 16.7. The van der Waals surface area contributed by atoms with E-state index < -0.39 is 67.3 Å². The first kappa shape index (κ1) is 74.7. The van der Waals surface area contributed by atoms with Gasteiger partial charge < -0.3 is 39.0 Å². The first-order valence-electron chi connectivity index (χ1n) is 32.2. The number of hydrogen-bond donors (Lipinski definition) is 3. The first-order chi connectivity index (χ1) is 39.6. The van der Waals surface area contributed by atoms with E-state index in [0.717, 1.165) is 96.3 Å². The first-order valence-corrected chi connectivity index (χ1v) is 32.2. The fourth-order valence-electron chi connectivity index (χ4n) is 9.27. The minimum atomic E-state index is -1.94. The van der Waals surface area contributed by atoms with Crippen LogP contribution in [0.15, 0.2) is 97.2 Å². The molecule has 1 heterocycles. The molecule has 0 aromatic heterocycles. The number of aliphatic hydroxyl groups excluding tert-OH is 2. The number of rotatable bonds is 54. The minimum absolute atomic E-state index is 0.149. The molecule has 0 spiro atoms. The van der Waals surface area contributed by atoms with Gasteiger partial charge in [0.05, 0.1) is 13.0 Å². The van der Waals surface area contributed by atoms with Crippen LogP contribution in [0, 0.1) is 0 Å². The average molecular weight is 1140 g/mol. The van der Waals surface area contributed by atoms with Crippen molar-refractivity contribution in [2.24, 2.45) is 0 Å². The molecular formula is C69H114O12. The van der Waals surface area contributed by atoms with Gasteiger partial charge in [-0.3, -0.25) is 14.4 Å². The molecule has 1 saturated heterocycles.